The summed E-state index contributed by atoms with van der Waals surface area (Å²) < 4.78 is 11.9. The standard InChI is InChI=1S/C31H33BO4/c1-22-18-25(19-23(2)31(22)33)20-27(26-10-6-4-7-11-26)14-15-30-29(16-17-32(34)36-30)24(3)21-35-28-12-8-5-9-13-28/h4-13,16,18-20,30,33-34H,3,14-15,17,21H2,1-2H3/b27-20-. The molecule has 0 bridgehead atoms. The summed E-state index contributed by atoms with van der Waals surface area (Å²) in [5.41, 5.74) is 6.89. The van der Waals surface area contributed by atoms with Crippen molar-refractivity contribution in [3.05, 3.63) is 119 Å². The Morgan fingerprint density at radius 2 is 1.69 bits per heavy atom. The van der Waals surface area contributed by atoms with Gasteiger partial charge in [0.25, 0.3) is 0 Å². The molecule has 2 N–H and O–H groups in total. The lowest BCUT2D eigenvalue weighted by Crippen LogP contribution is -2.32. The molecule has 1 unspecified atom stereocenters. The molecular weight excluding hydrogens is 447 g/mol. The molecule has 5 heteroatoms. The van der Waals surface area contributed by atoms with Crippen molar-refractivity contribution in [3.63, 3.8) is 0 Å². The van der Waals surface area contributed by atoms with Crippen molar-refractivity contribution in [3.8, 4) is 11.5 Å². The first kappa shape index (κ1) is 25.6. The molecule has 3 aromatic rings. The average Bonchev–Trinajstić information content (AvgIpc) is 2.89. The van der Waals surface area contributed by atoms with Crippen LogP contribution in [0.4, 0.5) is 0 Å². The fourth-order valence-electron chi connectivity index (χ4n) is 4.56. The van der Waals surface area contributed by atoms with Crippen LogP contribution in [0.5, 0.6) is 11.5 Å². The largest absolute Gasteiger partial charge is 0.507 e. The lowest BCUT2D eigenvalue weighted by atomic mass is 9.78. The van der Waals surface area contributed by atoms with E-state index in [2.05, 4.69) is 24.8 Å². The van der Waals surface area contributed by atoms with Gasteiger partial charge in [-0.2, -0.15) is 0 Å². The van der Waals surface area contributed by atoms with E-state index in [9.17, 15) is 10.1 Å². The van der Waals surface area contributed by atoms with Crippen molar-refractivity contribution in [2.24, 2.45) is 0 Å². The van der Waals surface area contributed by atoms with E-state index in [0.29, 0.717) is 25.1 Å². The first-order chi connectivity index (χ1) is 17.4. The number of phenols is 1. The van der Waals surface area contributed by atoms with Gasteiger partial charge in [-0.3, -0.25) is 0 Å². The van der Waals surface area contributed by atoms with Crippen molar-refractivity contribution in [1.29, 1.82) is 0 Å². The van der Waals surface area contributed by atoms with Crippen molar-refractivity contribution >= 4 is 18.8 Å². The molecule has 1 aliphatic heterocycles. The summed E-state index contributed by atoms with van der Waals surface area (Å²) >= 11 is 0. The summed E-state index contributed by atoms with van der Waals surface area (Å²) in [6, 6.07) is 24.0. The van der Waals surface area contributed by atoms with Gasteiger partial charge in [-0.25, -0.2) is 0 Å². The second kappa shape index (κ2) is 11.9. The number of phenolic OH excluding ortho intramolecular Hbond substituents is 1. The third-order valence-corrected chi connectivity index (χ3v) is 6.45. The Morgan fingerprint density at radius 1 is 1.06 bits per heavy atom. The molecule has 0 spiro atoms. The highest BCUT2D eigenvalue weighted by Gasteiger charge is 2.28. The molecule has 184 valence electrons. The van der Waals surface area contributed by atoms with Crippen LogP contribution in [-0.4, -0.2) is 30.0 Å². The van der Waals surface area contributed by atoms with Gasteiger partial charge >= 0.3 is 7.12 Å². The third kappa shape index (κ3) is 6.57. The Labute approximate surface area is 214 Å². The third-order valence-electron chi connectivity index (χ3n) is 6.45. The van der Waals surface area contributed by atoms with Gasteiger partial charge in [0, 0.05) is 6.32 Å². The molecule has 1 heterocycles. The van der Waals surface area contributed by atoms with E-state index < -0.39 is 7.12 Å². The number of aryl methyl sites for hydroxylation is 2. The molecule has 0 aliphatic carbocycles. The zero-order valence-corrected chi connectivity index (χ0v) is 21.0. The van der Waals surface area contributed by atoms with Crippen LogP contribution in [0.15, 0.2) is 96.6 Å². The van der Waals surface area contributed by atoms with Crippen LogP contribution in [-0.2, 0) is 4.65 Å². The zero-order chi connectivity index (χ0) is 25.5. The quantitative estimate of drug-likeness (QED) is 0.262. The fourth-order valence-corrected chi connectivity index (χ4v) is 4.56. The summed E-state index contributed by atoms with van der Waals surface area (Å²) in [6.45, 7) is 8.45. The second-order valence-electron chi connectivity index (χ2n) is 9.26. The fraction of sp³-hybridized carbons (Fsp3) is 0.226. The Kier molecular flexibility index (Phi) is 8.47. The van der Waals surface area contributed by atoms with Gasteiger partial charge in [0.1, 0.15) is 18.1 Å². The molecule has 0 aromatic heterocycles. The minimum absolute atomic E-state index is 0.281. The van der Waals surface area contributed by atoms with Crippen molar-refractivity contribution in [2.45, 2.75) is 39.1 Å². The molecular formula is C31H33BO4. The number of hydrogen-bond acceptors (Lipinski definition) is 4. The number of benzene rings is 3. The maximum atomic E-state index is 10.2. The molecule has 0 fully saturated rings. The van der Waals surface area contributed by atoms with Crippen LogP contribution in [0.1, 0.15) is 35.1 Å². The number of para-hydroxylation sites is 1. The van der Waals surface area contributed by atoms with E-state index >= 15 is 0 Å². The number of allylic oxidation sites excluding steroid dienone is 2. The minimum Gasteiger partial charge on any atom is -0.507 e. The monoisotopic (exact) mass is 480 g/mol. The first-order valence-electron chi connectivity index (χ1n) is 12.4. The van der Waals surface area contributed by atoms with E-state index in [1.165, 1.54) is 0 Å². The molecule has 36 heavy (non-hydrogen) atoms. The van der Waals surface area contributed by atoms with Crippen LogP contribution < -0.4 is 4.74 Å². The second-order valence-corrected chi connectivity index (χ2v) is 9.26. The van der Waals surface area contributed by atoms with Crippen LogP contribution in [0.3, 0.4) is 0 Å². The van der Waals surface area contributed by atoms with Gasteiger partial charge in [0.2, 0.25) is 0 Å². The lowest BCUT2D eigenvalue weighted by Gasteiger charge is -2.28. The van der Waals surface area contributed by atoms with Gasteiger partial charge in [-0.15, -0.1) is 0 Å². The topological polar surface area (TPSA) is 58.9 Å². The van der Waals surface area contributed by atoms with E-state index in [0.717, 1.165) is 51.1 Å². The van der Waals surface area contributed by atoms with E-state index in [1.807, 2.05) is 80.6 Å². The molecule has 0 saturated carbocycles. The van der Waals surface area contributed by atoms with E-state index in [-0.39, 0.29) is 6.10 Å². The van der Waals surface area contributed by atoms with Crippen molar-refractivity contribution in [2.75, 3.05) is 6.61 Å². The average molecular weight is 480 g/mol. The molecule has 4 nitrogen and oxygen atoms in total. The maximum absolute atomic E-state index is 10.2. The molecule has 3 aromatic carbocycles. The first-order valence-corrected chi connectivity index (χ1v) is 12.4. The summed E-state index contributed by atoms with van der Waals surface area (Å²) in [7, 11) is -0.826. The van der Waals surface area contributed by atoms with Gasteiger partial charge < -0.3 is 19.5 Å². The van der Waals surface area contributed by atoms with Crippen LogP contribution in [0.2, 0.25) is 6.32 Å². The van der Waals surface area contributed by atoms with Crippen LogP contribution in [0, 0.1) is 13.8 Å². The van der Waals surface area contributed by atoms with Crippen molar-refractivity contribution in [1.82, 2.24) is 0 Å². The van der Waals surface area contributed by atoms with Gasteiger partial charge in [-0.1, -0.05) is 67.3 Å². The Morgan fingerprint density at radius 3 is 2.36 bits per heavy atom. The summed E-state index contributed by atoms with van der Waals surface area (Å²) in [5.74, 6) is 1.13. The lowest BCUT2D eigenvalue weighted by molar-refractivity contribution is 0.182. The summed E-state index contributed by atoms with van der Waals surface area (Å²) in [5, 5.41) is 20.4. The normalized spacial score (nSPS) is 16.0. The minimum atomic E-state index is -0.826. The smallest absolute Gasteiger partial charge is 0.458 e. The number of rotatable bonds is 9. The Hall–Kier alpha value is -3.54. The van der Waals surface area contributed by atoms with Crippen molar-refractivity contribution < 1.29 is 19.5 Å². The predicted molar refractivity (Wildman–Crippen MR) is 148 cm³/mol. The molecule has 0 radical (unpaired) electrons. The van der Waals surface area contributed by atoms with Gasteiger partial charge in [-0.05, 0) is 89.9 Å². The molecule has 4 rings (SSSR count). The molecule has 1 aliphatic rings. The SMILES string of the molecule is C=C(COc1ccccc1)C1=CCB(O)OC1CC/C(=C/c1cc(C)c(O)c(C)c1)c1ccccc1. The highest BCUT2D eigenvalue weighted by molar-refractivity contribution is 6.43. The number of aromatic hydroxyl groups is 1. The highest BCUT2D eigenvalue weighted by Crippen LogP contribution is 2.32. The maximum Gasteiger partial charge on any atom is 0.458 e. The predicted octanol–water partition coefficient (Wildman–Crippen LogP) is 6.77. The summed E-state index contributed by atoms with van der Waals surface area (Å²) in [4.78, 5) is 0. The Balaban J connectivity index is 1.53. The van der Waals surface area contributed by atoms with Gasteiger partial charge in [0.05, 0.1) is 6.10 Å². The summed E-state index contributed by atoms with van der Waals surface area (Å²) in [6.07, 6.45) is 5.77. The molecule has 0 amide bonds. The highest BCUT2D eigenvalue weighted by atomic mass is 16.5. The Bertz CT molecular complexity index is 1230. The number of ether oxygens (including phenoxy) is 1. The molecule has 1 atom stereocenters. The van der Waals surface area contributed by atoms with Gasteiger partial charge in [0.15, 0.2) is 0 Å². The van der Waals surface area contributed by atoms with E-state index in [4.69, 9.17) is 9.39 Å². The zero-order valence-electron chi connectivity index (χ0n) is 21.0. The molecule has 0 saturated heterocycles. The van der Waals surface area contributed by atoms with Crippen LogP contribution >= 0.6 is 0 Å². The van der Waals surface area contributed by atoms with Crippen LogP contribution in [0.25, 0.3) is 11.6 Å². The number of hydrogen-bond donors (Lipinski definition) is 2. The van der Waals surface area contributed by atoms with E-state index in [1.54, 1.807) is 0 Å².